The van der Waals surface area contributed by atoms with Gasteiger partial charge in [-0.3, -0.25) is 4.79 Å². The van der Waals surface area contributed by atoms with Crippen LogP contribution in [0.15, 0.2) is 45.5 Å². The van der Waals surface area contributed by atoms with Gasteiger partial charge in [0.2, 0.25) is 5.91 Å². The van der Waals surface area contributed by atoms with Crippen LogP contribution in [-0.4, -0.2) is 37.5 Å². The minimum atomic E-state index is -3.74. The van der Waals surface area contributed by atoms with Crippen LogP contribution in [-0.2, 0) is 14.8 Å². The molecule has 1 fully saturated rings. The van der Waals surface area contributed by atoms with Gasteiger partial charge in [-0.05, 0) is 43.4 Å². The molecule has 1 aromatic carbocycles. The lowest BCUT2D eigenvalue weighted by Gasteiger charge is -2.33. The molecule has 140 valence electrons. The Morgan fingerprint density at radius 3 is 2.73 bits per heavy atom. The Morgan fingerprint density at radius 2 is 2.04 bits per heavy atom. The number of halogens is 1. The smallest absolute Gasteiger partial charge is 0.253 e. The SMILES string of the molecule is CSc1ccccc1NC(=O)[C@@H]1CCCCN1S(=O)(=O)c1ccc(Cl)s1. The molecule has 0 spiro atoms. The van der Waals surface area contributed by atoms with Gasteiger partial charge in [0.1, 0.15) is 10.3 Å². The Balaban J connectivity index is 1.86. The lowest BCUT2D eigenvalue weighted by molar-refractivity contribution is -0.120. The number of thiophene rings is 1. The van der Waals surface area contributed by atoms with E-state index in [0.717, 1.165) is 29.1 Å². The number of piperidine rings is 1. The van der Waals surface area contributed by atoms with Crippen molar-refractivity contribution in [2.45, 2.75) is 34.4 Å². The maximum absolute atomic E-state index is 13.0. The Bertz CT molecular complexity index is 898. The number of hydrogen-bond acceptors (Lipinski definition) is 5. The molecule has 3 rings (SSSR count). The number of nitrogens with zero attached hydrogens (tertiary/aromatic N) is 1. The fourth-order valence-corrected chi connectivity index (χ4v) is 6.79. The van der Waals surface area contributed by atoms with Crippen LogP contribution < -0.4 is 5.32 Å². The van der Waals surface area contributed by atoms with Crippen molar-refractivity contribution in [1.82, 2.24) is 4.31 Å². The summed E-state index contributed by atoms with van der Waals surface area (Å²) in [5, 5.41) is 2.90. The van der Waals surface area contributed by atoms with Gasteiger partial charge in [-0.15, -0.1) is 23.1 Å². The van der Waals surface area contributed by atoms with Crippen molar-refractivity contribution in [2.75, 3.05) is 18.1 Å². The normalized spacial score (nSPS) is 18.6. The van der Waals surface area contributed by atoms with Gasteiger partial charge in [0.15, 0.2) is 0 Å². The molecule has 1 aliphatic rings. The highest BCUT2D eigenvalue weighted by Crippen LogP contribution is 2.32. The number of benzene rings is 1. The molecule has 9 heteroatoms. The highest BCUT2D eigenvalue weighted by atomic mass is 35.5. The summed E-state index contributed by atoms with van der Waals surface area (Å²) >= 11 is 8.44. The summed E-state index contributed by atoms with van der Waals surface area (Å²) < 4.78 is 27.9. The van der Waals surface area contributed by atoms with E-state index in [2.05, 4.69) is 5.32 Å². The van der Waals surface area contributed by atoms with Crippen molar-refractivity contribution in [1.29, 1.82) is 0 Å². The Labute approximate surface area is 166 Å². The third-order valence-electron chi connectivity index (χ3n) is 4.23. The van der Waals surface area contributed by atoms with E-state index in [1.54, 1.807) is 6.07 Å². The molecule has 1 aliphatic heterocycles. The van der Waals surface area contributed by atoms with E-state index in [1.165, 1.54) is 22.1 Å². The largest absolute Gasteiger partial charge is 0.324 e. The van der Waals surface area contributed by atoms with Gasteiger partial charge >= 0.3 is 0 Å². The molecule has 2 aromatic rings. The standard InChI is InChI=1S/C17H19ClN2O3S3/c1-24-14-8-3-2-6-12(14)19-17(21)13-7-4-5-11-20(13)26(22,23)16-10-9-15(18)25-16/h2-3,6,8-10,13H,4-5,7,11H2,1H3,(H,19,21)/t13-/m0/s1. The molecule has 1 saturated heterocycles. The maximum Gasteiger partial charge on any atom is 0.253 e. The number of amides is 1. The number of para-hydroxylation sites is 1. The minimum absolute atomic E-state index is 0.173. The van der Waals surface area contributed by atoms with E-state index >= 15 is 0 Å². The fourth-order valence-electron chi connectivity index (χ4n) is 2.97. The molecule has 1 amide bonds. The molecule has 0 saturated carbocycles. The van der Waals surface area contributed by atoms with Crippen LogP contribution in [0.4, 0.5) is 5.69 Å². The summed E-state index contributed by atoms with van der Waals surface area (Å²) in [5.74, 6) is -0.294. The average molecular weight is 431 g/mol. The van der Waals surface area contributed by atoms with Crippen molar-refractivity contribution >= 4 is 56.3 Å². The summed E-state index contributed by atoms with van der Waals surface area (Å²) in [7, 11) is -3.74. The zero-order valence-corrected chi connectivity index (χ0v) is 17.3. The Morgan fingerprint density at radius 1 is 1.27 bits per heavy atom. The van der Waals surface area contributed by atoms with E-state index < -0.39 is 16.1 Å². The van der Waals surface area contributed by atoms with Crippen LogP contribution in [0.1, 0.15) is 19.3 Å². The van der Waals surface area contributed by atoms with Crippen molar-refractivity contribution < 1.29 is 13.2 Å². The van der Waals surface area contributed by atoms with Crippen LogP contribution in [0.3, 0.4) is 0 Å². The van der Waals surface area contributed by atoms with Crippen LogP contribution in [0.5, 0.6) is 0 Å². The zero-order valence-electron chi connectivity index (χ0n) is 14.1. The first-order valence-corrected chi connectivity index (χ1v) is 12.0. The number of nitrogens with one attached hydrogen (secondary N) is 1. The molecule has 5 nitrogen and oxygen atoms in total. The molecule has 1 aromatic heterocycles. The minimum Gasteiger partial charge on any atom is -0.324 e. The summed E-state index contributed by atoms with van der Waals surface area (Å²) in [5.41, 5.74) is 0.701. The van der Waals surface area contributed by atoms with E-state index in [4.69, 9.17) is 11.6 Å². The molecular weight excluding hydrogens is 412 g/mol. The van der Waals surface area contributed by atoms with E-state index in [0.29, 0.717) is 23.0 Å². The lowest BCUT2D eigenvalue weighted by Crippen LogP contribution is -2.49. The molecular formula is C17H19ClN2O3S3. The van der Waals surface area contributed by atoms with Gasteiger partial charge in [-0.2, -0.15) is 4.31 Å². The summed E-state index contributed by atoms with van der Waals surface area (Å²) in [4.78, 5) is 13.8. The Hall–Kier alpha value is -1.06. The average Bonchev–Trinajstić information content (AvgIpc) is 3.09. The van der Waals surface area contributed by atoms with Crippen LogP contribution >= 0.6 is 34.7 Å². The zero-order chi connectivity index (χ0) is 18.7. The first-order valence-electron chi connectivity index (χ1n) is 8.14. The highest BCUT2D eigenvalue weighted by molar-refractivity contribution is 7.98. The molecule has 0 aliphatic carbocycles. The molecule has 0 unspecified atom stereocenters. The Kier molecular flexibility index (Phi) is 6.29. The predicted octanol–water partition coefficient (Wildman–Crippen LogP) is 4.31. The van der Waals surface area contributed by atoms with Gasteiger partial charge in [0, 0.05) is 11.4 Å². The van der Waals surface area contributed by atoms with Crippen molar-refractivity contribution in [2.24, 2.45) is 0 Å². The predicted molar refractivity (Wildman–Crippen MR) is 108 cm³/mol. The van der Waals surface area contributed by atoms with Crippen molar-refractivity contribution in [3.05, 3.63) is 40.7 Å². The molecule has 0 radical (unpaired) electrons. The number of thioether (sulfide) groups is 1. The van der Waals surface area contributed by atoms with Gasteiger partial charge < -0.3 is 5.32 Å². The first kappa shape index (κ1) is 19.7. The van der Waals surface area contributed by atoms with Crippen LogP contribution in [0, 0.1) is 0 Å². The fraction of sp³-hybridized carbons (Fsp3) is 0.353. The van der Waals surface area contributed by atoms with Gasteiger partial charge in [0.25, 0.3) is 10.0 Å². The second-order valence-electron chi connectivity index (χ2n) is 5.88. The van der Waals surface area contributed by atoms with Gasteiger partial charge in [-0.1, -0.05) is 30.2 Å². The third-order valence-corrected chi connectivity index (χ3v) is 8.64. The number of carbonyl (C=O) groups is 1. The molecule has 1 atom stereocenters. The molecule has 1 N–H and O–H groups in total. The number of rotatable bonds is 5. The monoisotopic (exact) mass is 430 g/mol. The van der Waals surface area contributed by atoms with Crippen molar-refractivity contribution in [3.8, 4) is 0 Å². The van der Waals surface area contributed by atoms with E-state index in [-0.39, 0.29) is 10.1 Å². The first-order chi connectivity index (χ1) is 12.4. The van der Waals surface area contributed by atoms with E-state index in [1.807, 2.05) is 30.5 Å². The summed E-state index contributed by atoms with van der Waals surface area (Å²) in [6.45, 7) is 0.333. The molecule has 26 heavy (non-hydrogen) atoms. The van der Waals surface area contributed by atoms with E-state index in [9.17, 15) is 13.2 Å². The molecule has 2 heterocycles. The number of sulfonamides is 1. The summed E-state index contributed by atoms with van der Waals surface area (Å²) in [6, 6.07) is 9.83. The highest BCUT2D eigenvalue weighted by Gasteiger charge is 2.38. The van der Waals surface area contributed by atoms with Gasteiger partial charge in [-0.25, -0.2) is 8.42 Å². The second-order valence-corrected chi connectivity index (χ2v) is 10.6. The second kappa shape index (κ2) is 8.31. The van der Waals surface area contributed by atoms with Crippen LogP contribution in [0.25, 0.3) is 0 Å². The van der Waals surface area contributed by atoms with Crippen LogP contribution in [0.2, 0.25) is 4.34 Å². The third kappa shape index (κ3) is 4.09. The topological polar surface area (TPSA) is 66.5 Å². The van der Waals surface area contributed by atoms with Crippen molar-refractivity contribution in [3.63, 3.8) is 0 Å². The number of hydrogen-bond donors (Lipinski definition) is 1. The van der Waals surface area contributed by atoms with Gasteiger partial charge in [0.05, 0.1) is 10.0 Å². The lowest BCUT2D eigenvalue weighted by atomic mass is 10.0. The quantitative estimate of drug-likeness (QED) is 0.718. The summed E-state index contributed by atoms with van der Waals surface area (Å²) in [6.07, 6.45) is 4.00. The maximum atomic E-state index is 13.0. The molecule has 0 bridgehead atoms. The number of carbonyl (C=O) groups excluding carboxylic acids is 1. The number of anilines is 1.